The van der Waals surface area contributed by atoms with Gasteiger partial charge in [-0.05, 0) is 6.07 Å². The maximum atomic E-state index is 10.7. The second-order valence-corrected chi connectivity index (χ2v) is 2.62. The van der Waals surface area contributed by atoms with Crippen molar-refractivity contribution in [1.29, 1.82) is 0 Å². The Morgan fingerprint density at radius 1 is 1.58 bits per heavy atom. The van der Waals surface area contributed by atoms with E-state index in [2.05, 4.69) is 9.87 Å². The molecule has 0 aliphatic rings. The van der Waals surface area contributed by atoms with Crippen LogP contribution in [0.15, 0.2) is 12.3 Å². The van der Waals surface area contributed by atoms with Crippen molar-refractivity contribution >= 4 is 29.2 Å². The first-order chi connectivity index (χ1) is 5.66. The van der Waals surface area contributed by atoms with Gasteiger partial charge in [0.25, 0.3) is 0 Å². The molecule has 0 unspecified atom stereocenters. The number of rotatable bonds is 1. The van der Waals surface area contributed by atoms with Crippen LogP contribution in [-0.2, 0) is 4.89 Å². The highest BCUT2D eigenvalue weighted by atomic mass is 35.5. The van der Waals surface area contributed by atoms with Gasteiger partial charge < -0.3 is 0 Å². The first-order valence-electron chi connectivity index (χ1n) is 2.82. The molecule has 1 heterocycles. The van der Waals surface area contributed by atoms with Gasteiger partial charge in [0.1, 0.15) is 0 Å². The summed E-state index contributed by atoms with van der Waals surface area (Å²) in [5.41, 5.74) is -0.216. The van der Waals surface area contributed by atoms with Crippen LogP contribution in [0.1, 0.15) is 10.5 Å². The molecular formula is C6H3Cl2NO3. The normalized spacial score (nSPS) is 9.58. The zero-order valence-corrected chi connectivity index (χ0v) is 7.13. The Kier molecular flexibility index (Phi) is 2.86. The summed E-state index contributed by atoms with van der Waals surface area (Å²) < 4.78 is 0. The van der Waals surface area contributed by atoms with Crippen LogP contribution in [0.4, 0.5) is 0 Å². The Balaban J connectivity index is 3.16. The lowest BCUT2D eigenvalue weighted by molar-refractivity contribution is -0.183. The molecule has 0 saturated heterocycles. The van der Waals surface area contributed by atoms with Gasteiger partial charge in [-0.15, -0.1) is 0 Å². The maximum Gasteiger partial charge on any atom is 0.392 e. The fraction of sp³-hybridized carbons (Fsp3) is 0. The van der Waals surface area contributed by atoms with E-state index in [4.69, 9.17) is 28.5 Å². The summed E-state index contributed by atoms with van der Waals surface area (Å²) in [6.45, 7) is 0. The van der Waals surface area contributed by atoms with Gasteiger partial charge in [0.2, 0.25) is 0 Å². The highest BCUT2D eigenvalue weighted by Gasteiger charge is 2.15. The van der Waals surface area contributed by atoms with E-state index in [0.717, 1.165) is 0 Å². The molecule has 0 spiro atoms. The van der Waals surface area contributed by atoms with Gasteiger partial charge in [-0.3, -0.25) is 4.89 Å². The molecule has 12 heavy (non-hydrogen) atoms. The average Bonchev–Trinajstić information content (AvgIpc) is 2.08. The van der Waals surface area contributed by atoms with Crippen molar-refractivity contribution in [3.05, 3.63) is 28.0 Å². The SMILES string of the molecule is O=C(OO)c1nccc(Cl)c1Cl. The number of aromatic nitrogens is 1. The largest absolute Gasteiger partial charge is 0.392 e. The molecule has 0 aromatic carbocycles. The topological polar surface area (TPSA) is 59.4 Å². The molecule has 1 N–H and O–H groups in total. The lowest BCUT2D eigenvalue weighted by Crippen LogP contribution is -2.05. The summed E-state index contributed by atoms with van der Waals surface area (Å²) in [6, 6.07) is 1.41. The molecule has 0 aliphatic heterocycles. The first kappa shape index (κ1) is 9.25. The number of halogens is 2. The van der Waals surface area contributed by atoms with Crippen molar-refractivity contribution in [3.63, 3.8) is 0 Å². The van der Waals surface area contributed by atoms with Crippen LogP contribution < -0.4 is 0 Å². The summed E-state index contributed by atoms with van der Waals surface area (Å²) in [5, 5.41) is 8.14. The number of carbonyl (C=O) groups excluding carboxylic acids is 1. The molecule has 0 atom stereocenters. The van der Waals surface area contributed by atoms with E-state index < -0.39 is 5.97 Å². The van der Waals surface area contributed by atoms with Crippen molar-refractivity contribution in [1.82, 2.24) is 4.98 Å². The minimum Gasteiger partial charge on any atom is -0.294 e. The summed E-state index contributed by atoms with van der Waals surface area (Å²) in [5.74, 6) is -1.04. The fourth-order valence-corrected chi connectivity index (χ4v) is 0.941. The average molecular weight is 208 g/mol. The summed E-state index contributed by atoms with van der Waals surface area (Å²) in [6.07, 6.45) is 1.28. The summed E-state index contributed by atoms with van der Waals surface area (Å²) in [7, 11) is 0. The smallest absolute Gasteiger partial charge is 0.294 e. The predicted octanol–water partition coefficient (Wildman–Crippen LogP) is 2.02. The lowest BCUT2D eigenvalue weighted by Gasteiger charge is -1.99. The van der Waals surface area contributed by atoms with Crippen molar-refractivity contribution in [2.75, 3.05) is 0 Å². The molecule has 0 amide bonds. The number of pyridine rings is 1. The van der Waals surface area contributed by atoms with Crippen molar-refractivity contribution < 1.29 is 14.9 Å². The highest BCUT2D eigenvalue weighted by molar-refractivity contribution is 6.43. The second kappa shape index (κ2) is 3.71. The number of carbonyl (C=O) groups is 1. The molecule has 4 nitrogen and oxygen atoms in total. The van der Waals surface area contributed by atoms with Crippen LogP contribution in [0, 0.1) is 0 Å². The molecule has 64 valence electrons. The van der Waals surface area contributed by atoms with Gasteiger partial charge in [-0.1, -0.05) is 23.2 Å². The van der Waals surface area contributed by atoms with E-state index in [0.29, 0.717) is 0 Å². The Morgan fingerprint density at radius 2 is 2.25 bits per heavy atom. The minimum atomic E-state index is -1.04. The van der Waals surface area contributed by atoms with E-state index in [1.165, 1.54) is 12.3 Å². The van der Waals surface area contributed by atoms with Crippen LogP contribution in [0.5, 0.6) is 0 Å². The Hall–Kier alpha value is -0.840. The van der Waals surface area contributed by atoms with E-state index in [9.17, 15) is 4.79 Å². The first-order valence-corrected chi connectivity index (χ1v) is 3.58. The number of nitrogens with zero attached hydrogens (tertiary/aromatic N) is 1. The molecule has 1 aromatic heterocycles. The van der Waals surface area contributed by atoms with E-state index in [-0.39, 0.29) is 15.7 Å². The van der Waals surface area contributed by atoms with Crippen LogP contribution in [0.25, 0.3) is 0 Å². The molecule has 0 saturated carbocycles. The number of hydrogen-bond donors (Lipinski definition) is 1. The molecule has 1 rings (SSSR count). The zero-order chi connectivity index (χ0) is 9.14. The third-order valence-electron chi connectivity index (χ3n) is 1.12. The van der Waals surface area contributed by atoms with Crippen molar-refractivity contribution in [2.24, 2.45) is 0 Å². The van der Waals surface area contributed by atoms with Crippen LogP contribution in [-0.4, -0.2) is 16.2 Å². The van der Waals surface area contributed by atoms with Crippen LogP contribution >= 0.6 is 23.2 Å². The molecule has 0 aliphatic carbocycles. The molecule has 0 radical (unpaired) electrons. The molecule has 0 fully saturated rings. The second-order valence-electron chi connectivity index (χ2n) is 1.83. The third-order valence-corrected chi connectivity index (χ3v) is 1.91. The van der Waals surface area contributed by atoms with Crippen LogP contribution in [0.3, 0.4) is 0 Å². The quantitative estimate of drug-likeness (QED) is 0.566. The van der Waals surface area contributed by atoms with Gasteiger partial charge >= 0.3 is 5.97 Å². The van der Waals surface area contributed by atoms with Crippen molar-refractivity contribution in [3.8, 4) is 0 Å². The van der Waals surface area contributed by atoms with Crippen LogP contribution in [0.2, 0.25) is 10.0 Å². The van der Waals surface area contributed by atoms with Gasteiger partial charge in [0.15, 0.2) is 5.69 Å². The molecule has 1 aromatic rings. The molecular weight excluding hydrogens is 205 g/mol. The lowest BCUT2D eigenvalue weighted by atomic mass is 10.3. The Labute approximate surface area is 77.6 Å². The van der Waals surface area contributed by atoms with Crippen molar-refractivity contribution in [2.45, 2.75) is 0 Å². The zero-order valence-electron chi connectivity index (χ0n) is 5.62. The third kappa shape index (κ3) is 1.66. The summed E-state index contributed by atoms with van der Waals surface area (Å²) >= 11 is 11.1. The van der Waals surface area contributed by atoms with E-state index in [1.54, 1.807) is 0 Å². The highest BCUT2D eigenvalue weighted by Crippen LogP contribution is 2.23. The maximum absolute atomic E-state index is 10.7. The Morgan fingerprint density at radius 3 is 2.83 bits per heavy atom. The monoisotopic (exact) mass is 207 g/mol. The van der Waals surface area contributed by atoms with E-state index >= 15 is 0 Å². The fourth-order valence-electron chi connectivity index (χ4n) is 0.606. The minimum absolute atomic E-state index is 0.0433. The summed E-state index contributed by atoms with van der Waals surface area (Å²) in [4.78, 5) is 17.7. The van der Waals surface area contributed by atoms with E-state index in [1.807, 2.05) is 0 Å². The van der Waals surface area contributed by atoms with Gasteiger partial charge in [0, 0.05) is 6.20 Å². The Bertz CT molecular complexity index is 316. The van der Waals surface area contributed by atoms with Gasteiger partial charge in [-0.2, -0.15) is 5.26 Å². The standard InChI is InChI=1S/C6H3Cl2NO3/c7-3-1-2-9-5(4(3)8)6(10)12-11/h1-2,11H. The van der Waals surface area contributed by atoms with Gasteiger partial charge in [0.05, 0.1) is 10.0 Å². The van der Waals surface area contributed by atoms with Gasteiger partial charge in [-0.25, -0.2) is 9.78 Å². The number of hydrogen-bond acceptors (Lipinski definition) is 4. The molecule has 6 heteroatoms. The molecule has 0 bridgehead atoms. The predicted molar refractivity (Wildman–Crippen MR) is 42.3 cm³/mol.